The Morgan fingerprint density at radius 3 is 2.55 bits per heavy atom. The van der Waals surface area contributed by atoms with Crippen molar-refractivity contribution in [2.24, 2.45) is 5.14 Å². The smallest absolute Gasteiger partial charge is 0.241 e. The highest BCUT2D eigenvalue weighted by molar-refractivity contribution is 7.89. The number of para-hydroxylation sites is 1. The zero-order valence-corrected chi connectivity index (χ0v) is 11.8. The van der Waals surface area contributed by atoms with Gasteiger partial charge in [-0.1, -0.05) is 6.07 Å². The van der Waals surface area contributed by atoms with Gasteiger partial charge in [0, 0.05) is 13.1 Å². The summed E-state index contributed by atoms with van der Waals surface area (Å²) in [7, 11) is -3.87. The van der Waals surface area contributed by atoms with E-state index < -0.39 is 10.0 Å². The Balaban J connectivity index is 2.08. The van der Waals surface area contributed by atoms with Gasteiger partial charge >= 0.3 is 0 Å². The van der Waals surface area contributed by atoms with Gasteiger partial charge in [-0.05, 0) is 25.0 Å². The van der Waals surface area contributed by atoms with Crippen LogP contribution in [0.2, 0.25) is 0 Å². The minimum atomic E-state index is -3.87. The first-order chi connectivity index (χ1) is 9.39. The van der Waals surface area contributed by atoms with Crippen LogP contribution in [0.3, 0.4) is 0 Å². The van der Waals surface area contributed by atoms with E-state index in [9.17, 15) is 13.2 Å². The summed E-state index contributed by atoms with van der Waals surface area (Å²) in [4.78, 5) is 13.5. The Morgan fingerprint density at radius 1 is 1.30 bits per heavy atom. The molecule has 5 N–H and O–H groups in total. The highest BCUT2D eigenvalue weighted by atomic mass is 32.2. The van der Waals surface area contributed by atoms with E-state index in [4.69, 9.17) is 10.9 Å². The maximum Gasteiger partial charge on any atom is 0.241 e. The van der Waals surface area contributed by atoms with E-state index >= 15 is 0 Å². The molecule has 7 nitrogen and oxygen atoms in total. The Morgan fingerprint density at radius 2 is 1.95 bits per heavy atom. The van der Waals surface area contributed by atoms with Gasteiger partial charge in [-0.2, -0.15) is 0 Å². The third-order valence-corrected chi connectivity index (χ3v) is 4.23. The van der Waals surface area contributed by atoms with Crippen LogP contribution in [-0.4, -0.2) is 38.9 Å². The number of nitrogens with one attached hydrogen (secondary N) is 1. The third-order valence-electron chi connectivity index (χ3n) is 3.26. The van der Waals surface area contributed by atoms with Crippen molar-refractivity contribution in [3.63, 3.8) is 0 Å². The minimum Gasteiger partial charge on any atom is -0.396 e. The highest BCUT2D eigenvalue weighted by Crippen LogP contribution is 2.25. The lowest BCUT2D eigenvalue weighted by atomic mass is 10.2. The molecule has 0 unspecified atom stereocenters. The number of nitrogens with zero attached hydrogens (tertiary/aromatic N) is 1. The molecule has 0 aromatic heterocycles. The van der Waals surface area contributed by atoms with Gasteiger partial charge in [0.1, 0.15) is 4.90 Å². The van der Waals surface area contributed by atoms with Crippen LogP contribution in [0.5, 0.6) is 0 Å². The predicted octanol–water partition coefficient (Wildman–Crippen LogP) is -0.0495. The average Bonchev–Trinajstić information content (AvgIpc) is 2.89. The lowest BCUT2D eigenvalue weighted by Gasteiger charge is -2.17. The van der Waals surface area contributed by atoms with Gasteiger partial charge < -0.3 is 16.0 Å². The number of hydrogen-bond donors (Lipinski definition) is 3. The maximum absolute atomic E-state index is 11.9. The Hall–Kier alpha value is -1.80. The molecule has 110 valence electrons. The number of carbonyl (C=O) groups excluding carboxylic acids is 1. The van der Waals surface area contributed by atoms with Gasteiger partial charge in [0.2, 0.25) is 15.9 Å². The second-order valence-corrected chi connectivity index (χ2v) is 6.23. The minimum absolute atomic E-state index is 0.0251. The van der Waals surface area contributed by atoms with Gasteiger partial charge in [-0.15, -0.1) is 0 Å². The number of primary sulfonamides is 1. The molecule has 0 bridgehead atoms. The SMILES string of the molecule is Nc1c(NCC(=O)N2CCCC2)cccc1S(N)(=O)=O. The van der Waals surface area contributed by atoms with E-state index in [1.807, 2.05) is 0 Å². The Labute approximate surface area is 118 Å². The van der Waals surface area contributed by atoms with Crippen LogP contribution < -0.4 is 16.2 Å². The number of amides is 1. The monoisotopic (exact) mass is 298 g/mol. The summed E-state index contributed by atoms with van der Waals surface area (Å²) in [6.45, 7) is 1.62. The molecule has 1 aliphatic heterocycles. The predicted molar refractivity (Wildman–Crippen MR) is 76.5 cm³/mol. The molecule has 1 aromatic rings. The van der Waals surface area contributed by atoms with Crippen LogP contribution in [-0.2, 0) is 14.8 Å². The summed E-state index contributed by atoms with van der Waals surface area (Å²) in [5, 5.41) is 7.94. The second-order valence-electron chi connectivity index (χ2n) is 4.70. The van der Waals surface area contributed by atoms with Crippen LogP contribution in [0, 0.1) is 0 Å². The number of nitrogens with two attached hydrogens (primary N) is 2. The summed E-state index contributed by atoms with van der Waals surface area (Å²) in [6, 6.07) is 4.47. The number of benzene rings is 1. The molecule has 0 radical (unpaired) electrons. The largest absolute Gasteiger partial charge is 0.396 e. The summed E-state index contributed by atoms with van der Waals surface area (Å²) >= 11 is 0. The van der Waals surface area contributed by atoms with Gasteiger partial charge in [0.25, 0.3) is 0 Å². The number of sulfonamides is 1. The number of nitrogen functional groups attached to an aromatic ring is 1. The van der Waals surface area contributed by atoms with Crippen LogP contribution in [0.4, 0.5) is 11.4 Å². The van der Waals surface area contributed by atoms with E-state index in [0.717, 1.165) is 25.9 Å². The molecule has 0 spiro atoms. The highest BCUT2D eigenvalue weighted by Gasteiger charge is 2.19. The lowest BCUT2D eigenvalue weighted by molar-refractivity contribution is -0.128. The van der Waals surface area contributed by atoms with Crippen molar-refractivity contribution in [2.45, 2.75) is 17.7 Å². The van der Waals surface area contributed by atoms with Gasteiger partial charge in [0.05, 0.1) is 17.9 Å². The molecule has 1 heterocycles. The van der Waals surface area contributed by atoms with Crippen LogP contribution >= 0.6 is 0 Å². The van der Waals surface area contributed by atoms with Crippen molar-refractivity contribution in [2.75, 3.05) is 30.7 Å². The standard InChI is InChI=1S/C12H18N4O3S/c13-12-9(4-3-5-10(12)20(14,18)19)15-8-11(17)16-6-1-2-7-16/h3-5,15H,1-2,6-8,13H2,(H2,14,18,19). The molecule has 2 rings (SSSR count). The molecule has 20 heavy (non-hydrogen) atoms. The molecule has 0 saturated carbocycles. The van der Waals surface area contributed by atoms with Gasteiger partial charge in [-0.3, -0.25) is 4.79 Å². The van der Waals surface area contributed by atoms with Gasteiger partial charge in [-0.25, -0.2) is 13.6 Å². The van der Waals surface area contributed by atoms with Crippen molar-refractivity contribution in [3.05, 3.63) is 18.2 Å². The first-order valence-corrected chi connectivity index (χ1v) is 7.87. The van der Waals surface area contributed by atoms with E-state index in [-0.39, 0.29) is 23.0 Å². The number of hydrogen-bond acceptors (Lipinski definition) is 5. The van der Waals surface area contributed by atoms with Gasteiger partial charge in [0.15, 0.2) is 0 Å². The number of anilines is 2. The molecule has 0 atom stereocenters. The summed E-state index contributed by atoms with van der Waals surface area (Å²) in [6.07, 6.45) is 2.05. The fourth-order valence-corrected chi connectivity index (χ4v) is 2.88. The zero-order valence-electron chi connectivity index (χ0n) is 11.0. The van der Waals surface area contributed by atoms with Crippen molar-refractivity contribution < 1.29 is 13.2 Å². The first kappa shape index (κ1) is 14.6. The third kappa shape index (κ3) is 3.20. The number of likely N-dealkylation sites (tertiary alicyclic amines) is 1. The normalized spacial score (nSPS) is 15.3. The Kier molecular flexibility index (Phi) is 4.15. The summed E-state index contributed by atoms with van der Waals surface area (Å²) < 4.78 is 22.7. The molecule has 1 amide bonds. The lowest BCUT2D eigenvalue weighted by Crippen LogP contribution is -2.33. The van der Waals surface area contributed by atoms with E-state index in [0.29, 0.717) is 5.69 Å². The zero-order chi connectivity index (χ0) is 14.8. The van der Waals surface area contributed by atoms with Crippen LogP contribution in [0.15, 0.2) is 23.1 Å². The van der Waals surface area contributed by atoms with Crippen LogP contribution in [0.1, 0.15) is 12.8 Å². The first-order valence-electron chi connectivity index (χ1n) is 6.32. The molecular weight excluding hydrogens is 280 g/mol. The van der Waals surface area contributed by atoms with Crippen molar-refractivity contribution in [3.8, 4) is 0 Å². The topological polar surface area (TPSA) is 119 Å². The number of carbonyl (C=O) groups is 1. The van der Waals surface area contributed by atoms with Crippen molar-refractivity contribution >= 4 is 27.3 Å². The van der Waals surface area contributed by atoms with Crippen molar-refractivity contribution in [1.29, 1.82) is 0 Å². The Bertz CT molecular complexity index is 609. The fraction of sp³-hybridized carbons (Fsp3) is 0.417. The molecule has 1 aromatic carbocycles. The van der Waals surface area contributed by atoms with E-state index in [1.54, 1.807) is 11.0 Å². The number of rotatable bonds is 4. The molecule has 1 aliphatic rings. The average molecular weight is 298 g/mol. The van der Waals surface area contributed by atoms with Crippen LogP contribution in [0.25, 0.3) is 0 Å². The van der Waals surface area contributed by atoms with E-state index in [1.165, 1.54) is 12.1 Å². The maximum atomic E-state index is 11.9. The fourth-order valence-electron chi connectivity index (χ4n) is 2.20. The second kappa shape index (κ2) is 5.68. The molecular formula is C12H18N4O3S. The summed E-state index contributed by atoms with van der Waals surface area (Å²) in [5.74, 6) is -0.0251. The van der Waals surface area contributed by atoms with E-state index in [2.05, 4.69) is 5.32 Å². The molecule has 1 fully saturated rings. The molecule has 1 saturated heterocycles. The quantitative estimate of drug-likeness (QED) is 0.673. The van der Waals surface area contributed by atoms with Crippen molar-refractivity contribution in [1.82, 2.24) is 4.90 Å². The molecule has 8 heteroatoms. The molecule has 0 aliphatic carbocycles. The summed E-state index contributed by atoms with van der Waals surface area (Å²) in [5.41, 5.74) is 6.19.